The summed E-state index contributed by atoms with van der Waals surface area (Å²) in [6.07, 6.45) is 1.62. The van der Waals surface area contributed by atoms with Gasteiger partial charge in [0.1, 0.15) is 12.4 Å². The number of rotatable bonds is 8. The van der Waals surface area contributed by atoms with E-state index < -0.39 is 5.97 Å². The number of ether oxygens (including phenoxy) is 3. The Balaban J connectivity index is 1.45. The number of benzene rings is 3. The van der Waals surface area contributed by atoms with Crippen molar-refractivity contribution < 1.29 is 28.6 Å². The molecule has 7 nitrogen and oxygen atoms in total. The Morgan fingerprint density at radius 2 is 1.76 bits per heavy atom. The zero-order chi connectivity index (χ0) is 24.1. The highest BCUT2D eigenvalue weighted by molar-refractivity contribution is 8.18. The summed E-state index contributed by atoms with van der Waals surface area (Å²) in [7, 11) is 0. The van der Waals surface area contributed by atoms with Crippen molar-refractivity contribution in [3.8, 4) is 17.2 Å². The first kappa shape index (κ1) is 23.4. The molecule has 8 heteroatoms. The van der Waals surface area contributed by atoms with Gasteiger partial charge < -0.3 is 14.2 Å². The van der Waals surface area contributed by atoms with E-state index in [1.807, 2.05) is 49.4 Å². The first-order chi connectivity index (χ1) is 16.5. The van der Waals surface area contributed by atoms with Crippen LogP contribution in [0.4, 0.5) is 4.79 Å². The number of imide groups is 1. The van der Waals surface area contributed by atoms with E-state index >= 15 is 0 Å². The molecule has 1 aliphatic heterocycles. The lowest BCUT2D eigenvalue weighted by Crippen LogP contribution is -2.32. The molecule has 34 heavy (non-hydrogen) atoms. The third-order valence-electron chi connectivity index (χ3n) is 5.01. The molecule has 1 aliphatic rings. The van der Waals surface area contributed by atoms with Gasteiger partial charge in [-0.15, -0.1) is 0 Å². The standard InChI is InChI=1S/C26H23NO6S/c1-3-31-23-15-18(11-12-22(23)33-17(2)28)16-24-25(29)27(26(30)34-24)13-14-32-21-10-6-8-19-7-4-5-9-20(19)21/h4-12,15-16H,3,13-14H2,1-2H3/b24-16-. The summed E-state index contributed by atoms with van der Waals surface area (Å²) in [4.78, 5) is 38.1. The normalized spacial score (nSPS) is 14.6. The summed E-state index contributed by atoms with van der Waals surface area (Å²) < 4.78 is 16.6. The molecule has 0 radical (unpaired) electrons. The van der Waals surface area contributed by atoms with Crippen LogP contribution >= 0.6 is 11.8 Å². The summed E-state index contributed by atoms with van der Waals surface area (Å²) in [6, 6.07) is 18.6. The van der Waals surface area contributed by atoms with E-state index in [4.69, 9.17) is 14.2 Å². The molecule has 0 aliphatic carbocycles. The van der Waals surface area contributed by atoms with Gasteiger partial charge in [0.05, 0.1) is 18.1 Å². The molecule has 4 rings (SSSR count). The number of thioether (sulfide) groups is 1. The van der Waals surface area contributed by atoms with Gasteiger partial charge >= 0.3 is 5.97 Å². The number of carbonyl (C=O) groups excluding carboxylic acids is 3. The van der Waals surface area contributed by atoms with Gasteiger partial charge in [-0.2, -0.15) is 0 Å². The smallest absolute Gasteiger partial charge is 0.308 e. The summed E-state index contributed by atoms with van der Waals surface area (Å²) in [5.74, 6) is 0.551. The topological polar surface area (TPSA) is 82.1 Å². The van der Waals surface area contributed by atoms with Gasteiger partial charge in [-0.3, -0.25) is 19.3 Å². The van der Waals surface area contributed by atoms with E-state index in [2.05, 4.69) is 0 Å². The largest absolute Gasteiger partial charge is 0.491 e. The molecule has 0 N–H and O–H groups in total. The Morgan fingerprint density at radius 1 is 0.971 bits per heavy atom. The van der Waals surface area contributed by atoms with Crippen LogP contribution in [0.15, 0.2) is 65.6 Å². The number of esters is 1. The van der Waals surface area contributed by atoms with Crippen molar-refractivity contribution >= 4 is 45.7 Å². The van der Waals surface area contributed by atoms with Gasteiger partial charge in [0, 0.05) is 12.3 Å². The van der Waals surface area contributed by atoms with Crippen LogP contribution in [0.2, 0.25) is 0 Å². The molecule has 0 spiro atoms. The molecule has 0 bridgehead atoms. The molecule has 0 saturated carbocycles. The molecular formula is C26H23NO6S. The second-order valence-corrected chi connectivity index (χ2v) is 8.39. The van der Waals surface area contributed by atoms with Crippen molar-refractivity contribution in [3.63, 3.8) is 0 Å². The Hall–Kier alpha value is -3.78. The fraction of sp³-hybridized carbons (Fsp3) is 0.192. The fourth-order valence-electron chi connectivity index (χ4n) is 3.53. The van der Waals surface area contributed by atoms with E-state index in [1.54, 1.807) is 24.3 Å². The highest BCUT2D eigenvalue weighted by atomic mass is 32.2. The lowest BCUT2D eigenvalue weighted by Gasteiger charge is -2.14. The summed E-state index contributed by atoms with van der Waals surface area (Å²) >= 11 is 0.876. The highest BCUT2D eigenvalue weighted by Gasteiger charge is 2.34. The minimum absolute atomic E-state index is 0.140. The Bertz CT molecular complexity index is 1280. The molecule has 2 amide bonds. The van der Waals surface area contributed by atoms with Crippen molar-refractivity contribution in [2.75, 3.05) is 19.8 Å². The summed E-state index contributed by atoms with van der Waals surface area (Å²) in [5, 5.41) is 1.68. The van der Waals surface area contributed by atoms with Gasteiger partial charge in [0.2, 0.25) is 0 Å². The number of amides is 2. The monoisotopic (exact) mass is 477 g/mol. The summed E-state index contributed by atoms with van der Waals surface area (Å²) in [6.45, 7) is 3.83. The number of hydrogen-bond donors (Lipinski definition) is 0. The summed E-state index contributed by atoms with van der Waals surface area (Å²) in [5.41, 5.74) is 0.650. The molecule has 1 heterocycles. The molecular weight excluding hydrogens is 454 g/mol. The van der Waals surface area contributed by atoms with Crippen molar-refractivity contribution in [3.05, 3.63) is 71.1 Å². The third-order valence-corrected chi connectivity index (χ3v) is 5.92. The van der Waals surface area contributed by atoms with Crippen LogP contribution in [-0.4, -0.2) is 41.8 Å². The number of hydrogen-bond acceptors (Lipinski definition) is 7. The van der Waals surface area contributed by atoms with E-state index in [-0.39, 0.29) is 24.3 Å². The van der Waals surface area contributed by atoms with E-state index in [0.717, 1.165) is 22.5 Å². The molecule has 174 valence electrons. The number of fused-ring (bicyclic) bond motifs is 1. The lowest BCUT2D eigenvalue weighted by molar-refractivity contribution is -0.132. The number of carbonyl (C=O) groups is 3. The van der Waals surface area contributed by atoms with Gasteiger partial charge in [-0.1, -0.05) is 42.5 Å². The number of nitrogens with zero attached hydrogens (tertiary/aromatic N) is 1. The second kappa shape index (κ2) is 10.4. The van der Waals surface area contributed by atoms with Crippen LogP contribution in [0, 0.1) is 0 Å². The van der Waals surface area contributed by atoms with Gasteiger partial charge in [-0.05, 0) is 53.9 Å². The molecule has 0 atom stereocenters. The predicted octanol–water partition coefficient (Wildman–Crippen LogP) is 5.28. The molecule has 0 aromatic heterocycles. The fourth-order valence-corrected chi connectivity index (χ4v) is 4.40. The quantitative estimate of drug-likeness (QED) is 0.248. The van der Waals surface area contributed by atoms with E-state index in [0.29, 0.717) is 34.3 Å². The predicted molar refractivity (Wildman–Crippen MR) is 131 cm³/mol. The average molecular weight is 478 g/mol. The Labute approximate surface area is 201 Å². The van der Waals surface area contributed by atoms with Crippen LogP contribution < -0.4 is 14.2 Å². The molecule has 1 saturated heterocycles. The van der Waals surface area contributed by atoms with Gasteiger partial charge in [-0.25, -0.2) is 0 Å². The maximum absolute atomic E-state index is 12.9. The zero-order valence-electron chi connectivity index (χ0n) is 18.8. The van der Waals surface area contributed by atoms with Gasteiger partial charge in [0.15, 0.2) is 11.5 Å². The van der Waals surface area contributed by atoms with Crippen LogP contribution in [0.25, 0.3) is 16.8 Å². The lowest BCUT2D eigenvalue weighted by atomic mass is 10.1. The van der Waals surface area contributed by atoms with Crippen LogP contribution in [0.3, 0.4) is 0 Å². The van der Waals surface area contributed by atoms with Crippen LogP contribution in [0.1, 0.15) is 19.4 Å². The van der Waals surface area contributed by atoms with E-state index in [9.17, 15) is 14.4 Å². The Kier molecular flexibility index (Phi) is 7.18. The highest BCUT2D eigenvalue weighted by Crippen LogP contribution is 2.35. The third kappa shape index (κ3) is 5.23. The van der Waals surface area contributed by atoms with Crippen LogP contribution in [0.5, 0.6) is 17.2 Å². The van der Waals surface area contributed by atoms with Crippen molar-refractivity contribution in [1.29, 1.82) is 0 Å². The molecule has 3 aromatic carbocycles. The van der Waals surface area contributed by atoms with Crippen LogP contribution in [-0.2, 0) is 9.59 Å². The average Bonchev–Trinajstić information content (AvgIpc) is 3.08. The molecule has 0 unspecified atom stereocenters. The molecule has 1 fully saturated rings. The van der Waals surface area contributed by atoms with Crippen molar-refractivity contribution in [2.24, 2.45) is 0 Å². The molecule has 3 aromatic rings. The Morgan fingerprint density at radius 3 is 2.56 bits per heavy atom. The SMILES string of the molecule is CCOc1cc(/C=C2\SC(=O)N(CCOc3cccc4ccccc34)C2=O)ccc1OC(C)=O. The minimum atomic E-state index is -0.458. The van der Waals surface area contributed by atoms with Crippen molar-refractivity contribution in [2.45, 2.75) is 13.8 Å². The van der Waals surface area contributed by atoms with Crippen molar-refractivity contribution in [1.82, 2.24) is 4.90 Å². The maximum Gasteiger partial charge on any atom is 0.308 e. The second-order valence-electron chi connectivity index (χ2n) is 7.39. The minimum Gasteiger partial charge on any atom is -0.491 e. The first-order valence-electron chi connectivity index (χ1n) is 10.8. The van der Waals surface area contributed by atoms with Gasteiger partial charge in [0.25, 0.3) is 11.1 Å². The zero-order valence-corrected chi connectivity index (χ0v) is 19.6. The van der Waals surface area contributed by atoms with E-state index in [1.165, 1.54) is 11.8 Å². The maximum atomic E-state index is 12.9. The first-order valence-corrected chi connectivity index (χ1v) is 11.6.